The summed E-state index contributed by atoms with van der Waals surface area (Å²) in [7, 11) is 0. The zero-order valence-corrected chi connectivity index (χ0v) is 19.8. The predicted octanol–water partition coefficient (Wildman–Crippen LogP) is 5.43. The third kappa shape index (κ3) is 4.00. The van der Waals surface area contributed by atoms with Crippen LogP contribution in [-0.2, 0) is 9.53 Å². The van der Waals surface area contributed by atoms with E-state index >= 15 is 0 Å². The number of allylic oxidation sites excluding steroid dienone is 1. The van der Waals surface area contributed by atoms with Crippen LogP contribution in [0, 0.1) is 23.2 Å². The van der Waals surface area contributed by atoms with Crippen molar-refractivity contribution in [2.45, 2.75) is 45.1 Å². The lowest BCUT2D eigenvalue weighted by molar-refractivity contribution is -0.146. The van der Waals surface area contributed by atoms with E-state index in [1.807, 2.05) is 18.2 Å². The molecule has 2 saturated carbocycles. The number of anilines is 1. The van der Waals surface area contributed by atoms with Crippen molar-refractivity contribution in [3.8, 4) is 0 Å². The van der Waals surface area contributed by atoms with Gasteiger partial charge in [0.05, 0.1) is 16.0 Å². The van der Waals surface area contributed by atoms with E-state index in [0.717, 1.165) is 57.7 Å². The Balaban J connectivity index is 1.22. The SMILES string of the molecule is C=C1CCC[C@]2(C)C[C@H]3OC(=O)[C@H](CN4CCN(c5ccc(Cl)c(Cl)c5)CC4)[C@H]3C[C@@H]12. The number of benzene rings is 1. The second kappa shape index (κ2) is 8.28. The maximum Gasteiger partial charge on any atom is 0.310 e. The van der Waals surface area contributed by atoms with Crippen molar-refractivity contribution in [2.75, 3.05) is 37.6 Å². The minimum Gasteiger partial charge on any atom is -0.462 e. The van der Waals surface area contributed by atoms with Gasteiger partial charge in [-0.05, 0) is 61.6 Å². The zero-order chi connectivity index (χ0) is 21.8. The van der Waals surface area contributed by atoms with Crippen molar-refractivity contribution in [1.29, 1.82) is 0 Å². The fourth-order valence-corrected chi connectivity index (χ4v) is 6.91. The number of hydrogen-bond acceptors (Lipinski definition) is 4. The summed E-state index contributed by atoms with van der Waals surface area (Å²) in [5, 5.41) is 1.18. The number of carbonyl (C=O) groups is 1. The van der Waals surface area contributed by atoms with Crippen molar-refractivity contribution in [1.82, 2.24) is 4.90 Å². The van der Waals surface area contributed by atoms with Crippen molar-refractivity contribution in [3.63, 3.8) is 0 Å². The monoisotopic (exact) mass is 462 g/mol. The van der Waals surface area contributed by atoms with Gasteiger partial charge in [0.25, 0.3) is 0 Å². The van der Waals surface area contributed by atoms with Gasteiger partial charge in [-0.2, -0.15) is 0 Å². The topological polar surface area (TPSA) is 32.8 Å². The smallest absolute Gasteiger partial charge is 0.310 e. The molecule has 5 atom stereocenters. The molecular weight excluding hydrogens is 431 g/mol. The highest BCUT2D eigenvalue weighted by atomic mass is 35.5. The molecule has 31 heavy (non-hydrogen) atoms. The van der Waals surface area contributed by atoms with Crippen LogP contribution in [0.4, 0.5) is 5.69 Å². The molecule has 4 fully saturated rings. The molecule has 0 amide bonds. The van der Waals surface area contributed by atoms with E-state index in [4.69, 9.17) is 27.9 Å². The third-order valence-electron chi connectivity index (χ3n) is 8.42. The summed E-state index contributed by atoms with van der Waals surface area (Å²) in [6.45, 7) is 11.3. The van der Waals surface area contributed by atoms with Crippen molar-refractivity contribution in [3.05, 3.63) is 40.4 Å². The number of carbonyl (C=O) groups excluding carboxylic acids is 1. The number of nitrogens with zero attached hydrogens (tertiary/aromatic N) is 2. The quantitative estimate of drug-likeness (QED) is 0.442. The van der Waals surface area contributed by atoms with Gasteiger partial charge in [-0.15, -0.1) is 0 Å². The minimum atomic E-state index is 0.000743. The molecule has 0 spiro atoms. The van der Waals surface area contributed by atoms with E-state index in [1.54, 1.807) is 0 Å². The minimum absolute atomic E-state index is 0.000743. The lowest BCUT2D eigenvalue weighted by Crippen LogP contribution is -2.50. The van der Waals surface area contributed by atoms with Gasteiger partial charge in [-0.25, -0.2) is 0 Å². The fraction of sp³-hybridized carbons (Fsp3) is 0.640. The molecule has 0 aromatic heterocycles. The molecule has 4 nitrogen and oxygen atoms in total. The Hall–Kier alpha value is -1.23. The van der Waals surface area contributed by atoms with E-state index in [9.17, 15) is 4.79 Å². The summed E-state index contributed by atoms with van der Waals surface area (Å²) in [4.78, 5) is 17.6. The van der Waals surface area contributed by atoms with Crippen molar-refractivity contribution >= 4 is 34.9 Å². The van der Waals surface area contributed by atoms with Gasteiger partial charge in [0.2, 0.25) is 0 Å². The molecule has 2 aliphatic carbocycles. The molecule has 2 heterocycles. The molecule has 168 valence electrons. The maximum absolute atomic E-state index is 12.9. The molecule has 1 aromatic carbocycles. The first-order valence-corrected chi connectivity index (χ1v) is 12.4. The van der Waals surface area contributed by atoms with E-state index < -0.39 is 0 Å². The summed E-state index contributed by atoms with van der Waals surface area (Å²) >= 11 is 12.3. The Morgan fingerprint density at radius 2 is 1.97 bits per heavy atom. The summed E-state index contributed by atoms with van der Waals surface area (Å²) in [5.74, 6) is 0.912. The van der Waals surface area contributed by atoms with Crippen molar-refractivity contribution in [2.24, 2.45) is 23.2 Å². The van der Waals surface area contributed by atoms with E-state index in [1.165, 1.54) is 18.4 Å². The Labute approximate surface area is 195 Å². The molecule has 0 N–H and O–H groups in total. The highest BCUT2D eigenvalue weighted by molar-refractivity contribution is 6.42. The predicted molar refractivity (Wildman–Crippen MR) is 126 cm³/mol. The third-order valence-corrected chi connectivity index (χ3v) is 9.15. The van der Waals surface area contributed by atoms with Gasteiger partial charge >= 0.3 is 5.97 Å². The number of rotatable bonds is 3. The van der Waals surface area contributed by atoms with Crippen LogP contribution in [0.2, 0.25) is 10.0 Å². The van der Waals surface area contributed by atoms with E-state index in [2.05, 4.69) is 23.3 Å². The standard InChI is InChI=1S/C25H32Cl2N2O2/c1-16-4-3-7-25(2)14-23-18(13-20(16)25)19(24(30)31-23)15-28-8-10-29(11-9-28)17-5-6-21(26)22(27)12-17/h5-6,12,18-20,23H,1,3-4,7-11,13-15H2,2H3/t18-,19-,20+,23-,25-/m1/s1. The first kappa shape index (κ1) is 21.6. The Bertz CT molecular complexity index is 882. The van der Waals surface area contributed by atoms with Crippen LogP contribution < -0.4 is 4.90 Å². The van der Waals surface area contributed by atoms with Crippen molar-refractivity contribution < 1.29 is 9.53 Å². The average Bonchev–Trinajstić information content (AvgIpc) is 3.03. The number of esters is 1. The van der Waals surface area contributed by atoms with E-state index in [-0.39, 0.29) is 23.4 Å². The first-order valence-electron chi connectivity index (χ1n) is 11.6. The number of piperazine rings is 1. The van der Waals surface area contributed by atoms with Crippen LogP contribution >= 0.6 is 23.2 Å². The van der Waals surface area contributed by atoms with Gasteiger partial charge in [0, 0.05) is 44.3 Å². The molecule has 1 aromatic rings. The van der Waals surface area contributed by atoms with Crippen LogP contribution in [-0.4, -0.2) is 49.7 Å². The van der Waals surface area contributed by atoms with Gasteiger partial charge in [0.15, 0.2) is 0 Å². The van der Waals surface area contributed by atoms with Crippen LogP contribution in [0.25, 0.3) is 0 Å². The second-order valence-electron chi connectivity index (χ2n) is 10.3. The van der Waals surface area contributed by atoms with E-state index in [0.29, 0.717) is 21.9 Å². The number of hydrogen-bond donors (Lipinski definition) is 0. The number of ether oxygens (including phenoxy) is 1. The highest BCUT2D eigenvalue weighted by Gasteiger charge is 2.55. The molecule has 0 unspecified atom stereocenters. The average molecular weight is 463 g/mol. The van der Waals surface area contributed by atoms with Crippen LogP contribution in [0.5, 0.6) is 0 Å². The molecular formula is C25H32Cl2N2O2. The zero-order valence-electron chi connectivity index (χ0n) is 18.3. The molecule has 5 rings (SSSR count). The normalized spacial score (nSPS) is 36.2. The number of halogens is 2. The summed E-state index contributed by atoms with van der Waals surface area (Å²) in [6, 6.07) is 5.82. The van der Waals surface area contributed by atoms with Gasteiger partial charge in [-0.3, -0.25) is 9.69 Å². The lowest BCUT2D eigenvalue weighted by Gasteiger charge is -2.50. The summed E-state index contributed by atoms with van der Waals surface area (Å²) < 4.78 is 5.95. The van der Waals surface area contributed by atoms with Gasteiger partial charge in [0.1, 0.15) is 6.10 Å². The van der Waals surface area contributed by atoms with Gasteiger partial charge < -0.3 is 9.64 Å². The Kier molecular flexibility index (Phi) is 5.77. The molecule has 0 radical (unpaired) electrons. The molecule has 2 saturated heterocycles. The molecule has 6 heteroatoms. The molecule has 0 bridgehead atoms. The largest absolute Gasteiger partial charge is 0.462 e. The van der Waals surface area contributed by atoms with Crippen LogP contribution in [0.1, 0.15) is 39.0 Å². The Morgan fingerprint density at radius 3 is 2.71 bits per heavy atom. The fourth-order valence-electron chi connectivity index (χ4n) is 6.61. The maximum atomic E-state index is 12.9. The van der Waals surface area contributed by atoms with Gasteiger partial charge in [-0.1, -0.05) is 42.3 Å². The lowest BCUT2D eigenvalue weighted by atomic mass is 9.55. The summed E-state index contributed by atoms with van der Waals surface area (Å²) in [5.41, 5.74) is 2.77. The molecule has 2 aliphatic heterocycles. The summed E-state index contributed by atoms with van der Waals surface area (Å²) in [6.07, 6.45) is 5.78. The second-order valence-corrected chi connectivity index (χ2v) is 11.1. The Morgan fingerprint density at radius 1 is 1.19 bits per heavy atom. The highest BCUT2D eigenvalue weighted by Crippen LogP contribution is 2.56. The first-order chi connectivity index (χ1) is 14.8. The number of fused-ring (bicyclic) bond motifs is 2. The molecule has 4 aliphatic rings. The van der Waals surface area contributed by atoms with Crippen LogP contribution in [0.3, 0.4) is 0 Å². The van der Waals surface area contributed by atoms with Crippen LogP contribution in [0.15, 0.2) is 30.4 Å².